The summed E-state index contributed by atoms with van der Waals surface area (Å²) in [4.78, 5) is 28.1. The third kappa shape index (κ3) is 3.83. The fraction of sp³-hybridized carbons (Fsp3) is 0.105. The van der Waals surface area contributed by atoms with Crippen LogP contribution in [0.4, 0.5) is 8.78 Å². The number of nitrogens with zero attached hydrogens (tertiary/aromatic N) is 1. The number of Topliss-reactive ketones (excluding diaryl/α,β-unsaturated/α-hetero) is 1. The van der Waals surface area contributed by atoms with Crippen molar-refractivity contribution in [2.24, 2.45) is 0 Å². The number of carbonyl (C=O) groups excluding carboxylic acids is 2. The minimum atomic E-state index is -1.17. The molecule has 132 valence electrons. The van der Waals surface area contributed by atoms with Crippen molar-refractivity contribution < 1.29 is 27.5 Å². The summed E-state index contributed by atoms with van der Waals surface area (Å²) in [5.41, 5.74) is 1.12. The highest BCUT2D eigenvalue weighted by Gasteiger charge is 2.20. The third-order valence-electron chi connectivity index (χ3n) is 3.54. The quantitative estimate of drug-likeness (QED) is 0.393. The first kappa shape index (κ1) is 17.5. The summed E-state index contributed by atoms with van der Waals surface area (Å²) in [6.07, 6.45) is 1.22. The van der Waals surface area contributed by atoms with Gasteiger partial charge in [0, 0.05) is 17.7 Å². The summed E-state index contributed by atoms with van der Waals surface area (Å²) in [6.45, 7) is 1.34. The van der Waals surface area contributed by atoms with Gasteiger partial charge in [-0.15, -0.1) is 0 Å². The van der Waals surface area contributed by atoms with Crippen molar-refractivity contribution in [1.29, 1.82) is 0 Å². The van der Waals surface area contributed by atoms with Gasteiger partial charge in [-0.3, -0.25) is 4.79 Å². The van der Waals surface area contributed by atoms with E-state index in [0.29, 0.717) is 11.1 Å². The Bertz CT molecular complexity index is 977. The molecule has 0 fully saturated rings. The number of ether oxygens (including phenoxy) is 1. The van der Waals surface area contributed by atoms with E-state index < -0.39 is 29.5 Å². The first-order valence-electron chi connectivity index (χ1n) is 7.67. The number of rotatable bonds is 5. The molecule has 0 aliphatic carbocycles. The van der Waals surface area contributed by atoms with Crippen LogP contribution in [-0.4, -0.2) is 22.8 Å². The predicted octanol–water partition coefficient (Wildman–Crippen LogP) is 3.93. The van der Waals surface area contributed by atoms with Crippen molar-refractivity contribution in [2.75, 3.05) is 0 Å². The maximum atomic E-state index is 13.2. The topological polar surface area (TPSA) is 69.4 Å². The van der Waals surface area contributed by atoms with Crippen molar-refractivity contribution in [3.8, 4) is 0 Å². The summed E-state index contributed by atoms with van der Waals surface area (Å²) in [7, 11) is 0. The lowest BCUT2D eigenvalue weighted by atomic mass is 10.1. The van der Waals surface area contributed by atoms with Gasteiger partial charge >= 0.3 is 5.97 Å². The van der Waals surface area contributed by atoms with Crippen LogP contribution in [-0.2, 0) is 9.53 Å². The van der Waals surface area contributed by atoms with Gasteiger partial charge < -0.3 is 9.15 Å². The SMILES string of the molecule is CC(OC(=O)/C=C/c1nc2ccccc2o1)C(=O)c1ccc(F)c(F)c1. The first-order valence-corrected chi connectivity index (χ1v) is 7.67. The van der Waals surface area contributed by atoms with E-state index in [-0.39, 0.29) is 11.5 Å². The van der Waals surface area contributed by atoms with Crippen LogP contribution in [0.15, 0.2) is 53.0 Å². The number of para-hydroxylation sites is 2. The zero-order valence-electron chi connectivity index (χ0n) is 13.6. The van der Waals surface area contributed by atoms with Crippen LogP contribution in [0.25, 0.3) is 17.2 Å². The lowest BCUT2D eigenvalue weighted by Crippen LogP contribution is -2.23. The van der Waals surface area contributed by atoms with Gasteiger partial charge in [-0.2, -0.15) is 0 Å². The minimum absolute atomic E-state index is 0.0906. The molecule has 0 amide bonds. The maximum Gasteiger partial charge on any atom is 0.331 e. The smallest absolute Gasteiger partial charge is 0.331 e. The van der Waals surface area contributed by atoms with Gasteiger partial charge in [0.25, 0.3) is 0 Å². The summed E-state index contributed by atoms with van der Waals surface area (Å²) in [5.74, 6) is -3.44. The molecule has 0 aliphatic heterocycles. The lowest BCUT2D eigenvalue weighted by molar-refractivity contribution is -0.140. The molecule has 1 atom stereocenters. The van der Waals surface area contributed by atoms with Crippen molar-refractivity contribution >= 4 is 28.9 Å². The first-order chi connectivity index (χ1) is 12.4. The van der Waals surface area contributed by atoms with Gasteiger partial charge in [-0.25, -0.2) is 18.6 Å². The molecule has 3 aromatic rings. The third-order valence-corrected chi connectivity index (χ3v) is 3.54. The van der Waals surface area contributed by atoms with Crippen LogP contribution in [0, 0.1) is 11.6 Å². The molecular formula is C19H13F2NO4. The Balaban J connectivity index is 1.64. The van der Waals surface area contributed by atoms with Gasteiger partial charge in [-0.1, -0.05) is 12.1 Å². The number of carbonyl (C=O) groups is 2. The molecule has 1 aromatic heterocycles. The van der Waals surface area contributed by atoms with Crippen molar-refractivity contribution in [1.82, 2.24) is 4.98 Å². The molecule has 0 bridgehead atoms. The highest BCUT2D eigenvalue weighted by atomic mass is 19.2. The molecule has 0 spiro atoms. The molecule has 0 N–H and O–H groups in total. The van der Waals surface area contributed by atoms with E-state index >= 15 is 0 Å². The zero-order valence-corrected chi connectivity index (χ0v) is 13.6. The average molecular weight is 357 g/mol. The van der Waals surface area contributed by atoms with Crippen LogP contribution in [0.5, 0.6) is 0 Å². The average Bonchev–Trinajstić information content (AvgIpc) is 3.04. The number of esters is 1. The number of fused-ring (bicyclic) bond motifs is 1. The Hall–Kier alpha value is -3.35. The van der Waals surface area contributed by atoms with E-state index in [1.54, 1.807) is 24.3 Å². The molecule has 0 aliphatic rings. The molecule has 7 heteroatoms. The second-order valence-electron chi connectivity index (χ2n) is 5.43. The molecular weight excluding hydrogens is 344 g/mol. The highest BCUT2D eigenvalue weighted by molar-refractivity contribution is 6.01. The van der Waals surface area contributed by atoms with E-state index in [9.17, 15) is 18.4 Å². The van der Waals surface area contributed by atoms with E-state index in [1.807, 2.05) is 0 Å². The summed E-state index contributed by atoms with van der Waals surface area (Å²) >= 11 is 0. The van der Waals surface area contributed by atoms with E-state index in [2.05, 4.69) is 4.98 Å². The number of aromatic nitrogens is 1. The lowest BCUT2D eigenvalue weighted by Gasteiger charge is -2.10. The summed E-state index contributed by atoms with van der Waals surface area (Å²) in [6, 6.07) is 9.82. The molecule has 0 saturated carbocycles. The molecule has 1 unspecified atom stereocenters. The Morgan fingerprint density at radius 3 is 2.65 bits per heavy atom. The van der Waals surface area contributed by atoms with Crippen LogP contribution in [0.3, 0.4) is 0 Å². The van der Waals surface area contributed by atoms with Gasteiger partial charge in [0.2, 0.25) is 11.7 Å². The molecule has 0 radical (unpaired) electrons. The number of hydrogen-bond donors (Lipinski definition) is 0. The fourth-order valence-corrected chi connectivity index (χ4v) is 2.25. The van der Waals surface area contributed by atoms with Gasteiger partial charge in [0.15, 0.2) is 23.3 Å². The van der Waals surface area contributed by atoms with Crippen LogP contribution in [0.1, 0.15) is 23.2 Å². The second kappa shape index (κ2) is 7.26. The van der Waals surface area contributed by atoms with Crippen molar-refractivity contribution in [3.05, 3.63) is 71.6 Å². The fourth-order valence-electron chi connectivity index (χ4n) is 2.25. The summed E-state index contributed by atoms with van der Waals surface area (Å²) in [5, 5.41) is 0. The highest BCUT2D eigenvalue weighted by Crippen LogP contribution is 2.16. The normalized spacial score (nSPS) is 12.4. The van der Waals surface area contributed by atoms with E-state index in [4.69, 9.17) is 9.15 Å². The predicted molar refractivity (Wildman–Crippen MR) is 89.3 cm³/mol. The van der Waals surface area contributed by atoms with Crippen molar-refractivity contribution in [2.45, 2.75) is 13.0 Å². The molecule has 3 rings (SSSR count). The van der Waals surface area contributed by atoms with Gasteiger partial charge in [-0.05, 0) is 37.3 Å². The minimum Gasteiger partial charge on any atom is -0.451 e. The maximum absolute atomic E-state index is 13.2. The largest absolute Gasteiger partial charge is 0.451 e. The number of benzene rings is 2. The van der Waals surface area contributed by atoms with E-state index in [0.717, 1.165) is 24.3 Å². The molecule has 2 aromatic carbocycles. The molecule has 26 heavy (non-hydrogen) atoms. The van der Waals surface area contributed by atoms with Gasteiger partial charge in [0.1, 0.15) is 5.52 Å². The van der Waals surface area contributed by atoms with Gasteiger partial charge in [0.05, 0.1) is 0 Å². The van der Waals surface area contributed by atoms with Crippen LogP contribution < -0.4 is 0 Å². The zero-order chi connectivity index (χ0) is 18.7. The number of hydrogen-bond acceptors (Lipinski definition) is 5. The Morgan fingerprint density at radius 1 is 1.15 bits per heavy atom. The Kier molecular flexibility index (Phi) is 4.88. The van der Waals surface area contributed by atoms with Crippen LogP contribution >= 0.6 is 0 Å². The van der Waals surface area contributed by atoms with Crippen LogP contribution in [0.2, 0.25) is 0 Å². The number of ketones is 1. The molecule has 1 heterocycles. The second-order valence-corrected chi connectivity index (χ2v) is 5.43. The number of oxazole rings is 1. The van der Waals surface area contributed by atoms with Crippen molar-refractivity contribution in [3.63, 3.8) is 0 Å². The standard InChI is InChI=1S/C19H13F2NO4/c1-11(19(24)12-6-7-13(20)14(21)10-12)25-18(23)9-8-17-22-15-4-2-3-5-16(15)26-17/h2-11H,1H3/b9-8+. The molecule has 5 nitrogen and oxygen atoms in total. The van der Waals surface area contributed by atoms with E-state index in [1.165, 1.54) is 13.0 Å². The molecule has 0 saturated heterocycles. The Labute approximate surface area is 146 Å². The monoisotopic (exact) mass is 357 g/mol. The summed E-state index contributed by atoms with van der Waals surface area (Å²) < 4.78 is 36.5. The Morgan fingerprint density at radius 2 is 1.92 bits per heavy atom. The number of halogens is 2.